The van der Waals surface area contributed by atoms with E-state index >= 15 is 0 Å². The summed E-state index contributed by atoms with van der Waals surface area (Å²) in [5, 5.41) is 3.63. The highest BCUT2D eigenvalue weighted by Gasteiger charge is 2.20. The Bertz CT molecular complexity index is 1090. The third kappa shape index (κ3) is 6.58. The lowest BCUT2D eigenvalue weighted by molar-refractivity contribution is -0.146. The number of esters is 2. The number of benzene rings is 3. The molecular formula is C32H38O6. The minimum Gasteiger partial charge on any atom is -0.492 e. The number of fused-ring (bicyclic) bond motifs is 2. The Morgan fingerprint density at radius 1 is 0.579 bits per heavy atom. The smallest absolute Gasteiger partial charge is 0.309 e. The van der Waals surface area contributed by atoms with E-state index in [9.17, 15) is 9.59 Å². The Balaban J connectivity index is 1.24. The SMILES string of the molecule is O=C(CCOc1c2ccccc2c(OCCC(=O)OCC2CCCC2)c2ccccc12)OCC1CCCC1. The standard InChI is InChI=1S/C32H38O6/c33-29(37-21-23-9-1-2-10-23)17-19-35-31-25-13-5-7-15-27(25)32(28-16-8-6-14-26(28)31)36-20-18-30(34)38-22-24-11-3-4-12-24/h5-8,13-16,23-24H,1-4,9-12,17-22H2. The molecule has 2 aliphatic rings. The number of hydrogen-bond donors (Lipinski definition) is 0. The molecule has 2 fully saturated rings. The van der Waals surface area contributed by atoms with Gasteiger partial charge in [0.2, 0.25) is 0 Å². The van der Waals surface area contributed by atoms with Crippen molar-refractivity contribution in [3.63, 3.8) is 0 Å². The Morgan fingerprint density at radius 2 is 0.921 bits per heavy atom. The molecular weight excluding hydrogens is 480 g/mol. The van der Waals surface area contributed by atoms with E-state index in [0.717, 1.165) is 58.7 Å². The fourth-order valence-corrected chi connectivity index (χ4v) is 5.75. The third-order valence-corrected chi connectivity index (χ3v) is 7.85. The molecule has 3 aromatic rings. The van der Waals surface area contributed by atoms with E-state index in [0.29, 0.717) is 25.0 Å². The maximum atomic E-state index is 12.3. The van der Waals surface area contributed by atoms with Gasteiger partial charge in [-0.15, -0.1) is 0 Å². The van der Waals surface area contributed by atoms with Gasteiger partial charge in [-0.3, -0.25) is 9.59 Å². The molecule has 0 atom stereocenters. The van der Waals surface area contributed by atoms with Crippen LogP contribution in [0.5, 0.6) is 11.5 Å². The first-order valence-electron chi connectivity index (χ1n) is 14.2. The van der Waals surface area contributed by atoms with Crippen molar-refractivity contribution in [2.45, 2.75) is 64.2 Å². The molecule has 5 rings (SSSR count). The summed E-state index contributed by atoms with van der Waals surface area (Å²) < 4.78 is 23.4. The van der Waals surface area contributed by atoms with Gasteiger partial charge in [0.05, 0.1) is 39.3 Å². The summed E-state index contributed by atoms with van der Waals surface area (Å²) in [5.74, 6) is 2.03. The second-order valence-electron chi connectivity index (χ2n) is 10.6. The minimum atomic E-state index is -0.217. The first-order chi connectivity index (χ1) is 18.7. The van der Waals surface area contributed by atoms with E-state index in [1.165, 1.54) is 25.7 Å². The largest absolute Gasteiger partial charge is 0.492 e. The van der Waals surface area contributed by atoms with Gasteiger partial charge in [0, 0.05) is 21.5 Å². The lowest BCUT2D eigenvalue weighted by Crippen LogP contribution is -2.15. The molecule has 2 saturated carbocycles. The van der Waals surface area contributed by atoms with Crippen molar-refractivity contribution in [2.75, 3.05) is 26.4 Å². The van der Waals surface area contributed by atoms with E-state index in [1.807, 2.05) is 48.5 Å². The van der Waals surface area contributed by atoms with Crippen LogP contribution in [-0.2, 0) is 19.1 Å². The van der Waals surface area contributed by atoms with Gasteiger partial charge in [-0.05, 0) is 37.5 Å². The molecule has 0 saturated heterocycles. The summed E-state index contributed by atoms with van der Waals surface area (Å²) in [4.78, 5) is 24.6. The van der Waals surface area contributed by atoms with Crippen molar-refractivity contribution in [1.82, 2.24) is 0 Å². The van der Waals surface area contributed by atoms with Crippen LogP contribution in [0.1, 0.15) is 64.2 Å². The highest BCUT2D eigenvalue weighted by molar-refractivity contribution is 6.11. The van der Waals surface area contributed by atoms with Crippen LogP contribution in [0.2, 0.25) is 0 Å². The topological polar surface area (TPSA) is 71.1 Å². The Labute approximate surface area is 224 Å². The molecule has 0 bridgehead atoms. The first kappa shape index (κ1) is 26.3. The Hall–Kier alpha value is -3.28. The van der Waals surface area contributed by atoms with Crippen LogP contribution < -0.4 is 9.47 Å². The average molecular weight is 519 g/mol. The monoisotopic (exact) mass is 518 g/mol. The molecule has 6 heteroatoms. The molecule has 0 amide bonds. The van der Waals surface area contributed by atoms with Crippen LogP contribution >= 0.6 is 0 Å². The third-order valence-electron chi connectivity index (χ3n) is 7.85. The number of ether oxygens (including phenoxy) is 4. The lowest BCUT2D eigenvalue weighted by Gasteiger charge is -2.18. The van der Waals surface area contributed by atoms with Gasteiger partial charge in [0.1, 0.15) is 11.5 Å². The van der Waals surface area contributed by atoms with Gasteiger partial charge in [0.15, 0.2) is 0 Å². The molecule has 3 aromatic carbocycles. The predicted octanol–water partition coefficient (Wildman–Crippen LogP) is 7.00. The van der Waals surface area contributed by atoms with Crippen LogP contribution in [0.15, 0.2) is 48.5 Å². The predicted molar refractivity (Wildman–Crippen MR) is 148 cm³/mol. The van der Waals surface area contributed by atoms with Gasteiger partial charge in [-0.25, -0.2) is 0 Å². The molecule has 202 valence electrons. The zero-order valence-corrected chi connectivity index (χ0v) is 22.1. The zero-order chi connectivity index (χ0) is 26.2. The molecule has 6 nitrogen and oxygen atoms in total. The van der Waals surface area contributed by atoms with E-state index in [1.54, 1.807) is 0 Å². The van der Waals surface area contributed by atoms with E-state index in [4.69, 9.17) is 18.9 Å². The summed E-state index contributed by atoms with van der Waals surface area (Å²) >= 11 is 0. The van der Waals surface area contributed by atoms with Gasteiger partial charge in [-0.1, -0.05) is 74.2 Å². The van der Waals surface area contributed by atoms with Gasteiger partial charge in [-0.2, -0.15) is 0 Å². The van der Waals surface area contributed by atoms with E-state index < -0.39 is 0 Å². The van der Waals surface area contributed by atoms with Crippen molar-refractivity contribution in [1.29, 1.82) is 0 Å². The highest BCUT2D eigenvalue weighted by atomic mass is 16.5. The van der Waals surface area contributed by atoms with Gasteiger partial charge >= 0.3 is 11.9 Å². The summed E-state index contributed by atoms with van der Waals surface area (Å²) in [7, 11) is 0. The van der Waals surface area contributed by atoms with Crippen LogP contribution in [-0.4, -0.2) is 38.4 Å². The number of rotatable bonds is 12. The average Bonchev–Trinajstić information content (AvgIpc) is 3.66. The van der Waals surface area contributed by atoms with Crippen molar-refractivity contribution >= 4 is 33.5 Å². The maximum absolute atomic E-state index is 12.3. The summed E-state index contributed by atoms with van der Waals surface area (Å²) in [6.45, 7) is 1.52. The van der Waals surface area contributed by atoms with Gasteiger partial charge < -0.3 is 18.9 Å². The first-order valence-corrected chi connectivity index (χ1v) is 14.2. The van der Waals surface area contributed by atoms with Crippen LogP contribution in [0.3, 0.4) is 0 Å². The molecule has 0 aliphatic heterocycles. The van der Waals surface area contributed by atoms with Gasteiger partial charge in [0.25, 0.3) is 0 Å². The van der Waals surface area contributed by atoms with E-state index in [-0.39, 0.29) is 38.0 Å². The molecule has 0 unspecified atom stereocenters. The zero-order valence-electron chi connectivity index (χ0n) is 22.1. The Kier molecular flexibility index (Phi) is 9.00. The van der Waals surface area contributed by atoms with Crippen LogP contribution in [0.4, 0.5) is 0 Å². The second kappa shape index (κ2) is 13.0. The number of carbonyl (C=O) groups is 2. The lowest BCUT2D eigenvalue weighted by atomic mass is 10.0. The summed E-state index contributed by atoms with van der Waals surface area (Å²) in [6.07, 6.45) is 9.94. The molecule has 0 aromatic heterocycles. The molecule has 0 heterocycles. The summed E-state index contributed by atoms with van der Waals surface area (Å²) in [5.41, 5.74) is 0. The van der Waals surface area contributed by atoms with Crippen molar-refractivity contribution in [3.8, 4) is 11.5 Å². The molecule has 0 spiro atoms. The Morgan fingerprint density at radius 3 is 1.26 bits per heavy atom. The number of carbonyl (C=O) groups excluding carboxylic acids is 2. The highest BCUT2D eigenvalue weighted by Crippen LogP contribution is 2.42. The normalized spacial score (nSPS) is 16.2. The fraction of sp³-hybridized carbons (Fsp3) is 0.500. The van der Waals surface area contributed by atoms with E-state index in [2.05, 4.69) is 0 Å². The van der Waals surface area contributed by atoms with Crippen LogP contribution in [0.25, 0.3) is 21.5 Å². The fourth-order valence-electron chi connectivity index (χ4n) is 5.75. The van der Waals surface area contributed by atoms with Crippen molar-refractivity contribution in [2.24, 2.45) is 11.8 Å². The second-order valence-corrected chi connectivity index (χ2v) is 10.6. The van der Waals surface area contributed by atoms with Crippen LogP contribution in [0, 0.1) is 11.8 Å². The number of hydrogen-bond acceptors (Lipinski definition) is 6. The molecule has 0 radical (unpaired) electrons. The molecule has 38 heavy (non-hydrogen) atoms. The minimum absolute atomic E-state index is 0.205. The quantitative estimate of drug-likeness (QED) is 0.190. The van der Waals surface area contributed by atoms with Crippen molar-refractivity contribution in [3.05, 3.63) is 48.5 Å². The molecule has 0 N–H and O–H groups in total. The maximum Gasteiger partial charge on any atom is 0.309 e. The molecule has 2 aliphatic carbocycles. The van der Waals surface area contributed by atoms with Crippen molar-refractivity contribution < 1.29 is 28.5 Å². The summed E-state index contributed by atoms with van der Waals surface area (Å²) in [6, 6.07) is 15.8.